The number of rotatable bonds is 6. The van der Waals surface area contributed by atoms with Gasteiger partial charge in [-0.2, -0.15) is 0 Å². The summed E-state index contributed by atoms with van der Waals surface area (Å²) in [6.07, 6.45) is 1.80. The van der Waals surface area contributed by atoms with Gasteiger partial charge in [0, 0.05) is 23.0 Å². The highest BCUT2D eigenvalue weighted by Crippen LogP contribution is 2.31. The number of Topliss-reactive ketones (excluding diaryl/α,β-unsaturated/α-hetero) is 1. The predicted molar refractivity (Wildman–Crippen MR) is 128 cm³/mol. The first-order chi connectivity index (χ1) is 15.4. The van der Waals surface area contributed by atoms with Gasteiger partial charge in [0.05, 0.1) is 7.11 Å². The Morgan fingerprint density at radius 1 is 0.969 bits per heavy atom. The second kappa shape index (κ2) is 8.71. The molecule has 2 heterocycles. The SMILES string of the molecule is COc1ccc(-c2cc3ccccn3c2C(=O)C(=O)Nc2c(C)cccc2C(C)C)cc1. The highest BCUT2D eigenvalue weighted by atomic mass is 16.5. The van der Waals surface area contributed by atoms with E-state index in [1.165, 1.54) is 0 Å². The topological polar surface area (TPSA) is 59.8 Å². The number of nitrogens with zero attached hydrogens (tertiary/aromatic N) is 1. The summed E-state index contributed by atoms with van der Waals surface area (Å²) in [6.45, 7) is 6.06. The van der Waals surface area contributed by atoms with E-state index in [0.29, 0.717) is 16.9 Å². The van der Waals surface area contributed by atoms with E-state index in [1.807, 2.05) is 73.7 Å². The number of benzene rings is 2. The van der Waals surface area contributed by atoms with Gasteiger partial charge < -0.3 is 14.5 Å². The molecule has 1 N–H and O–H groups in total. The van der Waals surface area contributed by atoms with E-state index in [2.05, 4.69) is 19.2 Å². The number of ketones is 1. The van der Waals surface area contributed by atoms with Crippen LogP contribution in [-0.4, -0.2) is 23.2 Å². The van der Waals surface area contributed by atoms with E-state index < -0.39 is 11.7 Å². The number of amides is 1. The zero-order valence-electron chi connectivity index (χ0n) is 18.7. The average molecular weight is 427 g/mol. The standard InChI is InChI=1S/C27H26N2O3/c1-17(2)22-10-7-8-18(3)24(22)28-27(31)26(30)25-23(16-20-9-5-6-15-29(20)25)19-11-13-21(32-4)14-12-19/h5-17H,1-4H3,(H,28,31). The van der Waals surface area contributed by atoms with Crippen LogP contribution < -0.4 is 10.1 Å². The Morgan fingerprint density at radius 2 is 1.72 bits per heavy atom. The number of para-hydroxylation sites is 1. The van der Waals surface area contributed by atoms with Crippen molar-refractivity contribution in [1.29, 1.82) is 0 Å². The molecule has 5 nitrogen and oxygen atoms in total. The fraction of sp³-hybridized carbons (Fsp3) is 0.185. The van der Waals surface area contributed by atoms with Crippen LogP contribution >= 0.6 is 0 Å². The predicted octanol–water partition coefficient (Wildman–Crippen LogP) is 5.87. The van der Waals surface area contributed by atoms with Gasteiger partial charge >= 0.3 is 0 Å². The van der Waals surface area contributed by atoms with E-state index >= 15 is 0 Å². The molecule has 0 atom stereocenters. The van der Waals surface area contributed by atoms with Crippen LogP contribution in [0.4, 0.5) is 5.69 Å². The minimum Gasteiger partial charge on any atom is -0.497 e. The molecule has 0 aliphatic carbocycles. The largest absolute Gasteiger partial charge is 0.497 e. The third-order valence-electron chi connectivity index (χ3n) is 5.67. The van der Waals surface area contributed by atoms with Crippen molar-refractivity contribution in [3.8, 4) is 16.9 Å². The Balaban J connectivity index is 1.78. The number of hydrogen-bond acceptors (Lipinski definition) is 3. The zero-order valence-corrected chi connectivity index (χ0v) is 18.7. The maximum atomic E-state index is 13.5. The fourth-order valence-corrected chi connectivity index (χ4v) is 3.97. The number of fused-ring (bicyclic) bond motifs is 1. The Labute approximate surface area is 187 Å². The third-order valence-corrected chi connectivity index (χ3v) is 5.67. The molecule has 32 heavy (non-hydrogen) atoms. The summed E-state index contributed by atoms with van der Waals surface area (Å²) in [7, 11) is 1.61. The van der Waals surface area contributed by atoms with E-state index in [9.17, 15) is 9.59 Å². The maximum Gasteiger partial charge on any atom is 0.298 e. The number of ether oxygens (including phenoxy) is 1. The van der Waals surface area contributed by atoms with E-state index in [1.54, 1.807) is 17.7 Å². The fourth-order valence-electron chi connectivity index (χ4n) is 3.97. The van der Waals surface area contributed by atoms with Gasteiger partial charge in [-0.05, 0) is 59.9 Å². The summed E-state index contributed by atoms with van der Waals surface area (Å²) >= 11 is 0. The molecule has 0 aliphatic heterocycles. The second-order valence-electron chi connectivity index (χ2n) is 8.11. The van der Waals surface area contributed by atoms with E-state index in [0.717, 1.165) is 28.0 Å². The molecule has 0 bridgehead atoms. The molecular weight excluding hydrogens is 400 g/mol. The smallest absolute Gasteiger partial charge is 0.298 e. The molecule has 5 heteroatoms. The van der Waals surface area contributed by atoms with Crippen molar-refractivity contribution in [2.24, 2.45) is 0 Å². The normalized spacial score (nSPS) is 11.0. The number of methoxy groups -OCH3 is 1. The Bertz CT molecular complexity index is 1300. The molecule has 1 amide bonds. The van der Waals surface area contributed by atoms with Gasteiger partial charge in [0.25, 0.3) is 11.7 Å². The zero-order chi connectivity index (χ0) is 22.8. The van der Waals surface area contributed by atoms with Crippen molar-refractivity contribution in [3.63, 3.8) is 0 Å². The van der Waals surface area contributed by atoms with Crippen LogP contribution in [0.3, 0.4) is 0 Å². The van der Waals surface area contributed by atoms with Crippen LogP contribution in [0.25, 0.3) is 16.6 Å². The molecule has 162 valence electrons. The summed E-state index contributed by atoms with van der Waals surface area (Å²) in [5.74, 6) is -0.298. The summed E-state index contributed by atoms with van der Waals surface area (Å²) < 4.78 is 7.02. The molecular formula is C27H26N2O3. The molecule has 2 aromatic heterocycles. The first-order valence-corrected chi connectivity index (χ1v) is 10.6. The number of carbonyl (C=O) groups excluding carboxylic acids is 2. The van der Waals surface area contributed by atoms with Crippen LogP contribution in [0.5, 0.6) is 5.75 Å². The monoisotopic (exact) mass is 426 g/mol. The van der Waals surface area contributed by atoms with Crippen LogP contribution in [0, 0.1) is 6.92 Å². The first kappa shape index (κ1) is 21.4. The van der Waals surface area contributed by atoms with E-state index in [-0.39, 0.29) is 5.92 Å². The van der Waals surface area contributed by atoms with Crippen molar-refractivity contribution in [2.75, 3.05) is 12.4 Å². The van der Waals surface area contributed by atoms with Crippen molar-refractivity contribution < 1.29 is 14.3 Å². The number of carbonyl (C=O) groups is 2. The molecule has 0 radical (unpaired) electrons. The Morgan fingerprint density at radius 3 is 2.41 bits per heavy atom. The van der Waals surface area contributed by atoms with Gasteiger partial charge in [0.15, 0.2) is 0 Å². The number of aromatic nitrogens is 1. The lowest BCUT2D eigenvalue weighted by atomic mass is 9.98. The molecule has 0 unspecified atom stereocenters. The average Bonchev–Trinajstić information content (AvgIpc) is 3.19. The van der Waals surface area contributed by atoms with Gasteiger partial charge in [-0.15, -0.1) is 0 Å². The quantitative estimate of drug-likeness (QED) is 0.310. The van der Waals surface area contributed by atoms with Crippen LogP contribution in [-0.2, 0) is 4.79 Å². The maximum absolute atomic E-state index is 13.5. The van der Waals surface area contributed by atoms with Crippen LogP contribution in [0.15, 0.2) is 72.9 Å². The number of nitrogens with one attached hydrogen (secondary N) is 1. The molecule has 0 saturated heterocycles. The van der Waals surface area contributed by atoms with Gasteiger partial charge in [-0.1, -0.05) is 50.2 Å². The van der Waals surface area contributed by atoms with E-state index in [4.69, 9.17) is 4.74 Å². The number of anilines is 1. The lowest BCUT2D eigenvalue weighted by Gasteiger charge is -2.16. The lowest BCUT2D eigenvalue weighted by Crippen LogP contribution is -2.25. The number of aryl methyl sites for hydroxylation is 1. The van der Waals surface area contributed by atoms with Gasteiger partial charge in [0.1, 0.15) is 11.4 Å². The molecule has 4 rings (SSSR count). The van der Waals surface area contributed by atoms with Gasteiger partial charge in [-0.3, -0.25) is 9.59 Å². The summed E-state index contributed by atoms with van der Waals surface area (Å²) in [5, 5.41) is 2.89. The molecule has 2 aromatic carbocycles. The molecule has 0 aliphatic rings. The molecule has 0 fully saturated rings. The molecule has 0 spiro atoms. The molecule has 4 aromatic rings. The third kappa shape index (κ3) is 3.89. The first-order valence-electron chi connectivity index (χ1n) is 10.6. The molecule has 0 saturated carbocycles. The minimum atomic E-state index is -0.653. The van der Waals surface area contributed by atoms with Crippen molar-refractivity contribution >= 4 is 22.9 Å². The Hall–Kier alpha value is -3.86. The van der Waals surface area contributed by atoms with Crippen molar-refractivity contribution in [1.82, 2.24) is 4.40 Å². The minimum absolute atomic E-state index is 0.212. The van der Waals surface area contributed by atoms with Crippen molar-refractivity contribution in [2.45, 2.75) is 26.7 Å². The highest BCUT2D eigenvalue weighted by Gasteiger charge is 2.26. The summed E-state index contributed by atoms with van der Waals surface area (Å²) in [4.78, 5) is 26.6. The van der Waals surface area contributed by atoms with Crippen LogP contribution in [0.1, 0.15) is 41.4 Å². The number of hydrogen-bond donors (Lipinski definition) is 1. The highest BCUT2D eigenvalue weighted by molar-refractivity contribution is 6.47. The van der Waals surface area contributed by atoms with Crippen LogP contribution in [0.2, 0.25) is 0 Å². The summed E-state index contributed by atoms with van der Waals surface area (Å²) in [6, 6.07) is 20.9. The van der Waals surface area contributed by atoms with Gasteiger partial charge in [-0.25, -0.2) is 0 Å². The number of pyridine rings is 1. The lowest BCUT2D eigenvalue weighted by molar-refractivity contribution is -0.112. The summed E-state index contributed by atoms with van der Waals surface area (Å²) in [5.41, 5.74) is 5.34. The Kier molecular flexibility index (Phi) is 5.82. The second-order valence-corrected chi connectivity index (χ2v) is 8.11. The van der Waals surface area contributed by atoms with Gasteiger partial charge in [0.2, 0.25) is 0 Å². The van der Waals surface area contributed by atoms with Crippen molar-refractivity contribution in [3.05, 3.63) is 89.7 Å².